The highest BCUT2D eigenvalue weighted by molar-refractivity contribution is 4.78. The SMILES string of the molecule is CN(C)C1CCCN(CCNCC2CCCCC2)C1. The molecule has 0 spiro atoms. The maximum absolute atomic E-state index is 3.69. The number of nitrogens with zero attached hydrogens (tertiary/aromatic N) is 2. The number of likely N-dealkylation sites (tertiary alicyclic amines) is 1. The number of hydrogen-bond donors (Lipinski definition) is 1. The molecular formula is C16H33N3. The van der Waals surface area contributed by atoms with Crippen LogP contribution in [0.1, 0.15) is 44.9 Å². The second kappa shape index (κ2) is 8.23. The molecule has 2 fully saturated rings. The maximum atomic E-state index is 3.69. The fraction of sp³-hybridized carbons (Fsp3) is 1.00. The fourth-order valence-electron chi connectivity index (χ4n) is 3.59. The lowest BCUT2D eigenvalue weighted by molar-refractivity contribution is 0.133. The number of rotatable bonds is 6. The molecule has 0 amide bonds. The minimum absolute atomic E-state index is 0.770. The second-order valence-electron chi connectivity index (χ2n) is 6.77. The van der Waals surface area contributed by atoms with E-state index in [9.17, 15) is 0 Å². The minimum atomic E-state index is 0.770. The Morgan fingerprint density at radius 2 is 1.84 bits per heavy atom. The summed E-state index contributed by atoms with van der Waals surface area (Å²) in [4.78, 5) is 5.03. The van der Waals surface area contributed by atoms with Gasteiger partial charge in [-0.3, -0.25) is 0 Å². The smallest absolute Gasteiger partial charge is 0.0217 e. The Balaban J connectivity index is 1.55. The molecule has 1 aliphatic heterocycles. The Labute approximate surface area is 119 Å². The van der Waals surface area contributed by atoms with Gasteiger partial charge >= 0.3 is 0 Å². The first-order chi connectivity index (χ1) is 9.25. The van der Waals surface area contributed by atoms with Crippen LogP contribution in [0.15, 0.2) is 0 Å². The first-order valence-corrected chi connectivity index (χ1v) is 8.35. The first kappa shape index (κ1) is 15.3. The molecule has 1 heterocycles. The van der Waals surface area contributed by atoms with E-state index in [0.717, 1.165) is 12.0 Å². The predicted molar refractivity (Wildman–Crippen MR) is 82.6 cm³/mol. The van der Waals surface area contributed by atoms with Gasteiger partial charge in [-0.25, -0.2) is 0 Å². The molecule has 0 aromatic carbocycles. The zero-order valence-corrected chi connectivity index (χ0v) is 13.0. The van der Waals surface area contributed by atoms with E-state index in [-0.39, 0.29) is 0 Å². The van der Waals surface area contributed by atoms with Crippen molar-refractivity contribution in [3.05, 3.63) is 0 Å². The van der Waals surface area contributed by atoms with Crippen molar-refractivity contribution in [1.82, 2.24) is 15.1 Å². The summed E-state index contributed by atoms with van der Waals surface area (Å²) in [7, 11) is 4.44. The summed E-state index contributed by atoms with van der Waals surface area (Å²) in [5.74, 6) is 0.963. The Hall–Kier alpha value is -0.120. The third-order valence-corrected chi connectivity index (χ3v) is 4.97. The van der Waals surface area contributed by atoms with Crippen molar-refractivity contribution >= 4 is 0 Å². The van der Waals surface area contributed by atoms with Crippen molar-refractivity contribution in [3.63, 3.8) is 0 Å². The molecule has 1 unspecified atom stereocenters. The predicted octanol–water partition coefficient (Wildman–Crippen LogP) is 2.18. The van der Waals surface area contributed by atoms with E-state index < -0.39 is 0 Å². The van der Waals surface area contributed by atoms with Gasteiger partial charge in [0.2, 0.25) is 0 Å². The normalized spacial score (nSPS) is 27.0. The number of likely N-dealkylation sites (N-methyl/N-ethyl adjacent to an activating group) is 1. The lowest BCUT2D eigenvalue weighted by Gasteiger charge is -2.36. The summed E-state index contributed by atoms with van der Waals surface area (Å²) in [6.07, 6.45) is 10.0. The number of hydrogen-bond acceptors (Lipinski definition) is 3. The summed E-state index contributed by atoms with van der Waals surface area (Å²) >= 11 is 0. The molecule has 0 bridgehead atoms. The largest absolute Gasteiger partial charge is 0.315 e. The average Bonchev–Trinajstić information content (AvgIpc) is 2.45. The fourth-order valence-corrected chi connectivity index (χ4v) is 3.59. The molecule has 1 aliphatic carbocycles. The molecule has 19 heavy (non-hydrogen) atoms. The molecule has 0 aromatic heterocycles. The van der Waals surface area contributed by atoms with E-state index in [0.29, 0.717) is 0 Å². The summed E-state index contributed by atoms with van der Waals surface area (Å²) in [5.41, 5.74) is 0. The molecule has 1 N–H and O–H groups in total. The van der Waals surface area contributed by atoms with E-state index in [2.05, 4.69) is 29.2 Å². The Morgan fingerprint density at radius 1 is 1.05 bits per heavy atom. The quantitative estimate of drug-likeness (QED) is 0.744. The van der Waals surface area contributed by atoms with Crippen molar-refractivity contribution < 1.29 is 0 Å². The van der Waals surface area contributed by atoms with E-state index in [1.807, 2.05) is 0 Å². The average molecular weight is 267 g/mol. The second-order valence-corrected chi connectivity index (χ2v) is 6.77. The van der Waals surface area contributed by atoms with Gasteiger partial charge in [0.15, 0.2) is 0 Å². The van der Waals surface area contributed by atoms with Gasteiger partial charge in [0.25, 0.3) is 0 Å². The van der Waals surface area contributed by atoms with Crippen molar-refractivity contribution in [2.45, 2.75) is 51.0 Å². The summed E-state index contributed by atoms with van der Waals surface area (Å²) < 4.78 is 0. The topological polar surface area (TPSA) is 18.5 Å². The molecule has 2 aliphatic rings. The minimum Gasteiger partial charge on any atom is -0.315 e. The Kier molecular flexibility index (Phi) is 6.62. The van der Waals surface area contributed by atoms with Crippen LogP contribution in [0.4, 0.5) is 0 Å². The van der Waals surface area contributed by atoms with Crippen LogP contribution in [-0.2, 0) is 0 Å². The van der Waals surface area contributed by atoms with E-state index in [1.165, 1.54) is 77.7 Å². The van der Waals surface area contributed by atoms with Crippen LogP contribution >= 0.6 is 0 Å². The monoisotopic (exact) mass is 267 g/mol. The van der Waals surface area contributed by atoms with Gasteiger partial charge in [0.1, 0.15) is 0 Å². The molecule has 3 heteroatoms. The highest BCUT2D eigenvalue weighted by Gasteiger charge is 2.20. The zero-order chi connectivity index (χ0) is 13.5. The standard InChI is InChI=1S/C16H33N3/c1-18(2)16-9-6-11-19(14-16)12-10-17-13-15-7-4-3-5-8-15/h15-17H,3-14H2,1-2H3. The van der Waals surface area contributed by atoms with Gasteiger partial charge in [-0.2, -0.15) is 0 Å². The van der Waals surface area contributed by atoms with E-state index in [4.69, 9.17) is 0 Å². The molecule has 1 saturated carbocycles. The Bertz CT molecular complexity index is 236. The van der Waals surface area contributed by atoms with Crippen LogP contribution in [0.25, 0.3) is 0 Å². The van der Waals surface area contributed by atoms with Gasteiger partial charge in [-0.15, -0.1) is 0 Å². The van der Waals surface area contributed by atoms with Crippen LogP contribution < -0.4 is 5.32 Å². The molecule has 2 rings (SSSR count). The van der Waals surface area contributed by atoms with Crippen LogP contribution in [0, 0.1) is 5.92 Å². The van der Waals surface area contributed by atoms with Crippen LogP contribution in [0.3, 0.4) is 0 Å². The maximum Gasteiger partial charge on any atom is 0.0217 e. The third-order valence-electron chi connectivity index (χ3n) is 4.97. The van der Waals surface area contributed by atoms with Crippen LogP contribution in [0.5, 0.6) is 0 Å². The highest BCUT2D eigenvalue weighted by atomic mass is 15.2. The van der Waals surface area contributed by atoms with Crippen molar-refractivity contribution in [2.24, 2.45) is 5.92 Å². The molecule has 3 nitrogen and oxygen atoms in total. The molecular weight excluding hydrogens is 234 g/mol. The van der Waals surface area contributed by atoms with E-state index >= 15 is 0 Å². The van der Waals surface area contributed by atoms with Gasteiger partial charge in [0.05, 0.1) is 0 Å². The summed E-state index contributed by atoms with van der Waals surface area (Å²) in [6.45, 7) is 6.23. The lowest BCUT2D eigenvalue weighted by atomic mass is 9.89. The van der Waals surface area contributed by atoms with Crippen LogP contribution in [-0.4, -0.2) is 62.7 Å². The number of piperidine rings is 1. The first-order valence-electron chi connectivity index (χ1n) is 8.35. The number of nitrogens with one attached hydrogen (secondary N) is 1. The lowest BCUT2D eigenvalue weighted by Crippen LogP contribution is -2.47. The highest BCUT2D eigenvalue weighted by Crippen LogP contribution is 2.22. The van der Waals surface area contributed by atoms with Crippen molar-refractivity contribution in [1.29, 1.82) is 0 Å². The van der Waals surface area contributed by atoms with E-state index in [1.54, 1.807) is 0 Å². The Morgan fingerprint density at radius 3 is 2.58 bits per heavy atom. The molecule has 112 valence electrons. The van der Waals surface area contributed by atoms with Gasteiger partial charge in [-0.1, -0.05) is 19.3 Å². The molecule has 1 saturated heterocycles. The van der Waals surface area contributed by atoms with Gasteiger partial charge in [-0.05, 0) is 58.8 Å². The van der Waals surface area contributed by atoms with Crippen molar-refractivity contribution in [3.8, 4) is 0 Å². The van der Waals surface area contributed by atoms with Gasteiger partial charge in [0, 0.05) is 25.7 Å². The molecule has 0 aromatic rings. The molecule has 0 radical (unpaired) electrons. The van der Waals surface area contributed by atoms with Crippen LogP contribution in [0.2, 0.25) is 0 Å². The summed E-state index contributed by atoms with van der Waals surface area (Å²) in [5, 5.41) is 3.69. The van der Waals surface area contributed by atoms with Crippen molar-refractivity contribution in [2.75, 3.05) is 46.8 Å². The van der Waals surface area contributed by atoms with Gasteiger partial charge < -0.3 is 15.1 Å². The zero-order valence-electron chi connectivity index (χ0n) is 13.0. The molecule has 1 atom stereocenters. The summed E-state index contributed by atoms with van der Waals surface area (Å²) in [6, 6.07) is 0.770. The third kappa shape index (κ3) is 5.41.